The predicted octanol–water partition coefficient (Wildman–Crippen LogP) is 6.82. The van der Waals surface area contributed by atoms with E-state index in [0.717, 1.165) is 51.4 Å². The van der Waals surface area contributed by atoms with E-state index in [0.29, 0.717) is 23.3 Å². The Morgan fingerprint density at radius 1 is 0.596 bits per heavy atom. The summed E-state index contributed by atoms with van der Waals surface area (Å²) in [6.45, 7) is 3.41. The maximum atomic E-state index is 13.6. The lowest BCUT2D eigenvalue weighted by atomic mass is 9.80. The number of hydrogen-bond donors (Lipinski definition) is 2. The van der Waals surface area contributed by atoms with Gasteiger partial charge in [-0.05, 0) is 112 Å². The van der Waals surface area contributed by atoms with E-state index in [1.54, 1.807) is 0 Å². The summed E-state index contributed by atoms with van der Waals surface area (Å²) in [5.41, 5.74) is -4.03. The van der Waals surface area contributed by atoms with Crippen molar-refractivity contribution in [2.45, 2.75) is 127 Å². The number of unbranched alkanes of at least 4 members (excludes halogenated alkanes) is 2. The molecule has 4 fully saturated rings. The van der Waals surface area contributed by atoms with Crippen molar-refractivity contribution < 1.29 is 48.3 Å². The van der Waals surface area contributed by atoms with Crippen molar-refractivity contribution in [1.29, 1.82) is 0 Å². The Balaban J connectivity index is 1.02. The van der Waals surface area contributed by atoms with Crippen LogP contribution in [0.5, 0.6) is 11.5 Å². The third kappa shape index (κ3) is 8.20. The van der Waals surface area contributed by atoms with E-state index in [2.05, 4.69) is 13.8 Å². The van der Waals surface area contributed by atoms with Crippen molar-refractivity contribution in [2.75, 3.05) is 13.2 Å². The molecule has 2 saturated carbocycles. The molecular weight excluding hydrogens is 664 g/mol. The molecule has 2 aromatic rings. The second kappa shape index (κ2) is 16.7. The molecule has 4 aliphatic rings. The molecule has 0 aromatic heterocycles. The number of benzene rings is 2. The molecule has 2 saturated heterocycles. The average molecular weight is 719 g/mol. The fraction of sp³-hybridized carbons (Fsp3) is 0.619. The number of esters is 2. The summed E-state index contributed by atoms with van der Waals surface area (Å²) in [6, 6.07) is 11.9. The van der Waals surface area contributed by atoms with E-state index in [-0.39, 0.29) is 34.9 Å². The SMILES string of the molecule is CCCCC1CCC(C(=O)Oc2ccc(C(=O)[C@]3(O)CO[C@H]4[C@@H]3OC[C@]4(O)C(=O)c3ccc(OC(=O)C4CCC(CCCC)CC4)cc3)cc2)CC1. The van der Waals surface area contributed by atoms with Crippen LogP contribution in [0.2, 0.25) is 0 Å². The molecule has 10 heteroatoms. The fourth-order valence-corrected chi connectivity index (χ4v) is 8.55. The van der Waals surface area contributed by atoms with Gasteiger partial charge in [-0.15, -0.1) is 0 Å². The zero-order valence-electron chi connectivity index (χ0n) is 30.6. The average Bonchev–Trinajstić information content (AvgIpc) is 3.71. The summed E-state index contributed by atoms with van der Waals surface area (Å²) in [5, 5.41) is 23.1. The van der Waals surface area contributed by atoms with Crippen molar-refractivity contribution in [1.82, 2.24) is 0 Å². The van der Waals surface area contributed by atoms with E-state index in [1.807, 2.05) is 0 Å². The van der Waals surface area contributed by atoms with Crippen LogP contribution < -0.4 is 9.47 Å². The van der Waals surface area contributed by atoms with Crippen molar-refractivity contribution in [3.05, 3.63) is 59.7 Å². The minimum absolute atomic E-state index is 0.140. The van der Waals surface area contributed by atoms with Crippen LogP contribution in [0.15, 0.2) is 48.5 Å². The van der Waals surface area contributed by atoms with E-state index in [1.165, 1.54) is 87.1 Å². The van der Waals surface area contributed by atoms with Crippen LogP contribution in [0.3, 0.4) is 0 Å². The van der Waals surface area contributed by atoms with Gasteiger partial charge in [0.15, 0.2) is 22.8 Å². The molecule has 0 amide bonds. The number of ketones is 2. The maximum Gasteiger partial charge on any atom is 0.314 e. The van der Waals surface area contributed by atoms with Gasteiger partial charge in [0.1, 0.15) is 23.7 Å². The number of carbonyl (C=O) groups excluding carboxylic acids is 4. The quantitative estimate of drug-likeness (QED) is 0.121. The second-order valence-corrected chi connectivity index (χ2v) is 15.6. The Morgan fingerprint density at radius 3 is 1.27 bits per heavy atom. The van der Waals surface area contributed by atoms with Crippen molar-refractivity contribution in [3.8, 4) is 11.5 Å². The van der Waals surface area contributed by atoms with Crippen LogP contribution in [0.4, 0.5) is 0 Å². The molecule has 10 nitrogen and oxygen atoms in total. The summed E-state index contributed by atoms with van der Waals surface area (Å²) in [7, 11) is 0. The Hall–Kier alpha value is -3.44. The van der Waals surface area contributed by atoms with Crippen LogP contribution in [0, 0.1) is 23.7 Å². The van der Waals surface area contributed by atoms with E-state index >= 15 is 0 Å². The summed E-state index contributed by atoms with van der Waals surface area (Å²) in [5.74, 6) is -0.235. The lowest BCUT2D eigenvalue weighted by molar-refractivity contribution is -0.141. The van der Waals surface area contributed by atoms with Gasteiger partial charge in [-0.1, -0.05) is 52.4 Å². The van der Waals surface area contributed by atoms with Gasteiger partial charge < -0.3 is 29.2 Å². The fourth-order valence-electron chi connectivity index (χ4n) is 8.55. The molecular formula is C42H54O10. The maximum absolute atomic E-state index is 13.6. The summed E-state index contributed by atoms with van der Waals surface area (Å²) >= 11 is 0. The number of carbonyl (C=O) groups is 4. The first-order valence-corrected chi connectivity index (χ1v) is 19.5. The first kappa shape index (κ1) is 38.3. The minimum atomic E-state index is -2.16. The molecule has 2 aliphatic heterocycles. The lowest BCUT2D eigenvalue weighted by Crippen LogP contribution is -2.54. The Bertz CT molecular complexity index is 1440. The minimum Gasteiger partial charge on any atom is -0.426 e. The third-order valence-electron chi connectivity index (χ3n) is 11.9. The van der Waals surface area contributed by atoms with Gasteiger partial charge >= 0.3 is 11.9 Å². The highest BCUT2D eigenvalue weighted by molar-refractivity contribution is 6.05. The molecule has 0 spiro atoms. The molecule has 2 aromatic carbocycles. The van der Waals surface area contributed by atoms with Gasteiger partial charge in [0.25, 0.3) is 0 Å². The first-order chi connectivity index (χ1) is 25.1. The topological polar surface area (TPSA) is 146 Å². The van der Waals surface area contributed by atoms with Gasteiger partial charge in [0.2, 0.25) is 0 Å². The zero-order valence-corrected chi connectivity index (χ0v) is 30.6. The number of aliphatic hydroxyl groups is 2. The molecule has 2 aliphatic carbocycles. The van der Waals surface area contributed by atoms with Gasteiger partial charge in [0.05, 0.1) is 25.0 Å². The molecule has 2 N–H and O–H groups in total. The summed E-state index contributed by atoms with van der Waals surface area (Å²) < 4.78 is 22.7. The highest BCUT2D eigenvalue weighted by atomic mass is 16.6. The van der Waals surface area contributed by atoms with Crippen LogP contribution in [0.1, 0.15) is 124 Å². The van der Waals surface area contributed by atoms with Gasteiger partial charge in [0, 0.05) is 11.1 Å². The molecule has 4 atom stereocenters. The third-order valence-corrected chi connectivity index (χ3v) is 11.9. The summed E-state index contributed by atoms with van der Waals surface area (Å²) in [6.07, 6.45) is 12.0. The van der Waals surface area contributed by atoms with Gasteiger partial charge in [-0.25, -0.2) is 0 Å². The molecule has 282 valence electrons. The second-order valence-electron chi connectivity index (χ2n) is 15.6. The molecule has 0 unspecified atom stereocenters. The molecule has 0 radical (unpaired) electrons. The Labute approximate surface area is 306 Å². The van der Waals surface area contributed by atoms with Crippen LogP contribution in [0.25, 0.3) is 0 Å². The van der Waals surface area contributed by atoms with E-state index < -0.39 is 48.2 Å². The van der Waals surface area contributed by atoms with Crippen LogP contribution >= 0.6 is 0 Å². The molecule has 6 rings (SSSR count). The van der Waals surface area contributed by atoms with E-state index in [9.17, 15) is 29.4 Å². The number of fused-ring (bicyclic) bond motifs is 1. The number of ether oxygens (including phenoxy) is 4. The van der Waals surface area contributed by atoms with Crippen LogP contribution in [-0.4, -0.2) is 70.3 Å². The molecule has 0 bridgehead atoms. The normalized spacial score (nSPS) is 31.5. The Morgan fingerprint density at radius 2 is 0.942 bits per heavy atom. The van der Waals surface area contributed by atoms with Crippen molar-refractivity contribution in [3.63, 3.8) is 0 Å². The smallest absolute Gasteiger partial charge is 0.314 e. The highest BCUT2D eigenvalue weighted by Gasteiger charge is 2.67. The standard InChI is InChI=1S/C42H54O10/c1-3-5-7-27-9-13-31(14-10-27)39(45)51-33-21-17-29(18-22-33)35(43)41(47)25-49-38-37(41)50-26-42(38,48)36(44)30-19-23-34(24-20-30)52-40(46)32-15-11-28(12-16-32)8-6-4-2/h17-24,27-28,31-32,37-38,47-48H,3-16,25-26H2,1-2H3/t27?,28?,31?,32?,37-,38-,41-,42+/m0/s1. The predicted molar refractivity (Wildman–Crippen MR) is 192 cm³/mol. The van der Waals surface area contributed by atoms with E-state index in [4.69, 9.17) is 18.9 Å². The zero-order chi connectivity index (χ0) is 36.9. The van der Waals surface area contributed by atoms with Crippen molar-refractivity contribution in [2.24, 2.45) is 23.7 Å². The number of Topliss-reactive ketones (excluding diaryl/α,β-unsaturated/α-hetero) is 2. The first-order valence-electron chi connectivity index (χ1n) is 19.5. The lowest BCUT2D eigenvalue weighted by Gasteiger charge is -2.27. The summed E-state index contributed by atoms with van der Waals surface area (Å²) in [4.78, 5) is 52.9. The van der Waals surface area contributed by atoms with Crippen molar-refractivity contribution >= 4 is 23.5 Å². The molecule has 52 heavy (non-hydrogen) atoms. The molecule has 2 heterocycles. The Kier molecular flexibility index (Phi) is 12.3. The number of hydrogen-bond acceptors (Lipinski definition) is 10. The van der Waals surface area contributed by atoms with Crippen LogP contribution in [-0.2, 0) is 19.1 Å². The monoisotopic (exact) mass is 718 g/mol. The van der Waals surface area contributed by atoms with Gasteiger partial charge in [-0.3, -0.25) is 19.2 Å². The largest absolute Gasteiger partial charge is 0.426 e. The van der Waals surface area contributed by atoms with Gasteiger partial charge in [-0.2, -0.15) is 0 Å². The number of rotatable bonds is 14. The highest BCUT2D eigenvalue weighted by Crippen LogP contribution is 2.43.